The average Bonchev–Trinajstić information content (AvgIpc) is 3.11. The molecule has 1 saturated heterocycles. The van der Waals surface area contributed by atoms with Gasteiger partial charge in [0.25, 0.3) is 0 Å². The van der Waals surface area contributed by atoms with E-state index in [0.29, 0.717) is 25.9 Å². The van der Waals surface area contributed by atoms with Crippen molar-refractivity contribution in [2.45, 2.75) is 38.3 Å². The van der Waals surface area contributed by atoms with E-state index in [9.17, 15) is 14.7 Å². The second-order valence-corrected chi connectivity index (χ2v) is 7.24. The Bertz CT molecular complexity index is 807. The van der Waals surface area contributed by atoms with E-state index in [1.54, 1.807) is 19.1 Å². The second kappa shape index (κ2) is 8.78. The van der Waals surface area contributed by atoms with Crippen LogP contribution in [0.2, 0.25) is 0 Å². The van der Waals surface area contributed by atoms with Crippen molar-refractivity contribution in [1.29, 1.82) is 0 Å². The first-order valence-electron chi connectivity index (χ1n) is 9.53. The number of likely N-dealkylation sites (tertiary alicyclic amines) is 1. The van der Waals surface area contributed by atoms with Crippen LogP contribution in [0, 0.1) is 0 Å². The Kier molecular flexibility index (Phi) is 6.19. The molecule has 2 amide bonds. The van der Waals surface area contributed by atoms with Gasteiger partial charge in [0.05, 0.1) is 0 Å². The Labute approximate surface area is 165 Å². The van der Waals surface area contributed by atoms with E-state index in [1.165, 1.54) is 4.90 Å². The normalized spacial score (nSPS) is 18.7. The van der Waals surface area contributed by atoms with Gasteiger partial charge in [0.2, 0.25) is 5.91 Å². The summed E-state index contributed by atoms with van der Waals surface area (Å²) in [5, 5.41) is 12.3. The molecule has 0 aromatic heterocycles. The van der Waals surface area contributed by atoms with Gasteiger partial charge in [-0.25, -0.2) is 4.79 Å². The summed E-state index contributed by atoms with van der Waals surface area (Å²) in [7, 11) is 0. The molecule has 0 aliphatic carbocycles. The zero-order valence-corrected chi connectivity index (χ0v) is 16.1. The van der Waals surface area contributed by atoms with Gasteiger partial charge in [-0.1, -0.05) is 42.5 Å². The first kappa shape index (κ1) is 19.7. The molecule has 2 aromatic rings. The van der Waals surface area contributed by atoms with E-state index in [-0.39, 0.29) is 18.3 Å². The van der Waals surface area contributed by atoms with Gasteiger partial charge in [0.15, 0.2) is 0 Å². The Hall–Kier alpha value is -3.02. The molecule has 1 aliphatic heterocycles. The highest BCUT2D eigenvalue weighted by molar-refractivity contribution is 5.90. The fourth-order valence-electron chi connectivity index (χ4n) is 3.46. The Morgan fingerprint density at radius 3 is 2.54 bits per heavy atom. The summed E-state index contributed by atoms with van der Waals surface area (Å²) in [6.45, 7) is 2.95. The minimum Gasteiger partial charge on any atom is -0.508 e. The number of carbonyl (C=O) groups is 2. The molecule has 2 aromatic carbocycles. The molecule has 0 saturated carbocycles. The zero-order valence-electron chi connectivity index (χ0n) is 16.1. The van der Waals surface area contributed by atoms with E-state index in [0.717, 1.165) is 17.5 Å². The van der Waals surface area contributed by atoms with Crippen molar-refractivity contribution in [3.8, 4) is 5.75 Å². The summed E-state index contributed by atoms with van der Waals surface area (Å²) in [4.78, 5) is 26.9. The van der Waals surface area contributed by atoms with Crippen LogP contribution in [0.15, 0.2) is 54.6 Å². The summed E-state index contributed by atoms with van der Waals surface area (Å²) in [5.74, 6) is 0.0522. The van der Waals surface area contributed by atoms with E-state index >= 15 is 0 Å². The first-order valence-corrected chi connectivity index (χ1v) is 9.53. The van der Waals surface area contributed by atoms with Crippen molar-refractivity contribution in [3.05, 3.63) is 65.7 Å². The number of nitrogens with zero attached hydrogens (tertiary/aromatic N) is 1. The van der Waals surface area contributed by atoms with Gasteiger partial charge in [-0.15, -0.1) is 0 Å². The first-order chi connectivity index (χ1) is 13.5. The van der Waals surface area contributed by atoms with E-state index in [1.807, 2.05) is 42.5 Å². The quantitative estimate of drug-likeness (QED) is 0.804. The summed E-state index contributed by atoms with van der Waals surface area (Å²) < 4.78 is 5.43. The molecule has 1 unspecified atom stereocenters. The number of nitrogens with one attached hydrogen (secondary N) is 1. The lowest BCUT2D eigenvalue weighted by Gasteiger charge is -2.33. The van der Waals surface area contributed by atoms with Gasteiger partial charge in [-0.05, 0) is 49.4 Å². The van der Waals surface area contributed by atoms with Crippen LogP contribution in [-0.2, 0) is 22.6 Å². The van der Waals surface area contributed by atoms with Crippen molar-refractivity contribution < 1.29 is 19.4 Å². The number of hydrogen-bond acceptors (Lipinski definition) is 4. The molecule has 0 radical (unpaired) electrons. The SMILES string of the molecule is CC1(C(=O)NCCc2ccc(O)cc2)CCCN1C(=O)OCc1ccccc1. The lowest BCUT2D eigenvalue weighted by molar-refractivity contribution is -0.130. The van der Waals surface area contributed by atoms with Crippen molar-refractivity contribution in [3.63, 3.8) is 0 Å². The number of hydrogen-bond donors (Lipinski definition) is 2. The third-order valence-corrected chi connectivity index (χ3v) is 5.19. The lowest BCUT2D eigenvalue weighted by Crippen LogP contribution is -2.55. The lowest BCUT2D eigenvalue weighted by atomic mass is 9.98. The predicted molar refractivity (Wildman–Crippen MR) is 106 cm³/mol. The number of phenols is 1. The van der Waals surface area contributed by atoms with E-state index < -0.39 is 11.6 Å². The molecule has 3 rings (SSSR count). The van der Waals surface area contributed by atoms with Crippen LogP contribution in [0.25, 0.3) is 0 Å². The highest BCUT2D eigenvalue weighted by atomic mass is 16.6. The van der Waals surface area contributed by atoms with Crippen molar-refractivity contribution in [1.82, 2.24) is 10.2 Å². The number of benzene rings is 2. The Morgan fingerprint density at radius 1 is 1.11 bits per heavy atom. The molecule has 1 fully saturated rings. The number of ether oxygens (including phenoxy) is 1. The largest absolute Gasteiger partial charge is 0.508 e. The molecule has 6 nitrogen and oxygen atoms in total. The summed E-state index contributed by atoms with van der Waals surface area (Å²) in [6.07, 6.45) is 1.57. The van der Waals surface area contributed by atoms with Gasteiger partial charge in [-0.3, -0.25) is 9.69 Å². The number of rotatable bonds is 6. The van der Waals surface area contributed by atoms with Gasteiger partial charge < -0.3 is 15.2 Å². The zero-order chi connectivity index (χ0) is 20.0. The molecule has 0 bridgehead atoms. The number of aromatic hydroxyl groups is 1. The van der Waals surface area contributed by atoms with Gasteiger partial charge >= 0.3 is 6.09 Å². The molecule has 2 N–H and O–H groups in total. The second-order valence-electron chi connectivity index (χ2n) is 7.24. The highest BCUT2D eigenvalue weighted by Crippen LogP contribution is 2.30. The van der Waals surface area contributed by atoms with Crippen LogP contribution in [0.1, 0.15) is 30.9 Å². The van der Waals surface area contributed by atoms with Gasteiger partial charge in [0, 0.05) is 13.1 Å². The van der Waals surface area contributed by atoms with Gasteiger partial charge in [-0.2, -0.15) is 0 Å². The maximum Gasteiger partial charge on any atom is 0.410 e. The van der Waals surface area contributed by atoms with Crippen LogP contribution in [0.5, 0.6) is 5.75 Å². The molecule has 1 atom stereocenters. The Morgan fingerprint density at radius 2 is 1.82 bits per heavy atom. The van der Waals surface area contributed by atoms with Crippen LogP contribution in [-0.4, -0.2) is 40.6 Å². The summed E-state index contributed by atoms with van der Waals surface area (Å²) in [5.41, 5.74) is 1.03. The molecular weight excluding hydrogens is 356 g/mol. The van der Waals surface area contributed by atoms with E-state index in [4.69, 9.17) is 4.74 Å². The standard InChI is InChI=1S/C22H26N2O4/c1-22(20(26)23-14-12-17-8-10-19(25)11-9-17)13-5-15-24(22)21(27)28-16-18-6-3-2-4-7-18/h2-4,6-11,25H,5,12-16H2,1H3,(H,23,26). The Balaban J connectivity index is 1.53. The molecule has 0 spiro atoms. The van der Waals surface area contributed by atoms with Crippen molar-refractivity contribution in [2.75, 3.05) is 13.1 Å². The molecule has 148 valence electrons. The summed E-state index contributed by atoms with van der Waals surface area (Å²) in [6, 6.07) is 16.4. The number of carbonyl (C=O) groups excluding carboxylic acids is 2. The van der Waals surface area contributed by atoms with Crippen LogP contribution < -0.4 is 5.32 Å². The van der Waals surface area contributed by atoms with E-state index in [2.05, 4.69) is 5.32 Å². The molecule has 1 aliphatic rings. The summed E-state index contributed by atoms with van der Waals surface area (Å²) >= 11 is 0. The third kappa shape index (κ3) is 4.63. The number of phenolic OH excluding ortho intramolecular Hbond substituents is 1. The van der Waals surface area contributed by atoms with Crippen molar-refractivity contribution >= 4 is 12.0 Å². The monoisotopic (exact) mass is 382 g/mol. The fraction of sp³-hybridized carbons (Fsp3) is 0.364. The minimum atomic E-state index is -0.900. The third-order valence-electron chi connectivity index (χ3n) is 5.19. The van der Waals surface area contributed by atoms with Crippen LogP contribution in [0.3, 0.4) is 0 Å². The molecular formula is C22H26N2O4. The van der Waals surface area contributed by atoms with Crippen LogP contribution in [0.4, 0.5) is 4.79 Å². The maximum atomic E-state index is 12.8. The predicted octanol–water partition coefficient (Wildman–Crippen LogP) is 3.24. The molecule has 28 heavy (non-hydrogen) atoms. The fourth-order valence-corrected chi connectivity index (χ4v) is 3.46. The molecule has 6 heteroatoms. The molecule has 1 heterocycles. The number of amides is 2. The van der Waals surface area contributed by atoms with Crippen LogP contribution >= 0.6 is 0 Å². The van der Waals surface area contributed by atoms with Crippen molar-refractivity contribution in [2.24, 2.45) is 0 Å². The smallest absolute Gasteiger partial charge is 0.410 e. The maximum absolute atomic E-state index is 12.8. The van der Waals surface area contributed by atoms with Gasteiger partial charge in [0.1, 0.15) is 17.9 Å². The topological polar surface area (TPSA) is 78.9 Å². The minimum absolute atomic E-state index is 0.166. The average molecular weight is 382 g/mol. The highest BCUT2D eigenvalue weighted by Gasteiger charge is 2.46.